The van der Waals surface area contributed by atoms with Crippen molar-refractivity contribution in [1.29, 1.82) is 0 Å². The smallest absolute Gasteiger partial charge is 0.306 e. The Hall–Kier alpha value is -0.570. The first-order chi connectivity index (χ1) is 5.57. The summed E-state index contributed by atoms with van der Waals surface area (Å²) in [6.07, 6.45) is 1.48. The van der Waals surface area contributed by atoms with Gasteiger partial charge in [-0.25, -0.2) is 0 Å². The maximum atomic E-state index is 10.6. The maximum absolute atomic E-state index is 10.6. The topological polar surface area (TPSA) is 46.5 Å². The van der Waals surface area contributed by atoms with Gasteiger partial charge in [-0.15, -0.1) is 0 Å². The van der Waals surface area contributed by atoms with Gasteiger partial charge in [-0.3, -0.25) is 4.79 Å². The number of hydrogen-bond acceptors (Lipinski definition) is 2. The standard InChI is InChI=1S/C9H18O3/c1-4-8(9(10)11)5-6-12-7(2)3/h7-8H,4-6H2,1-3H3,(H,10,11). The van der Waals surface area contributed by atoms with Crippen molar-refractivity contribution in [1.82, 2.24) is 0 Å². The summed E-state index contributed by atoms with van der Waals surface area (Å²) in [7, 11) is 0. The van der Waals surface area contributed by atoms with E-state index in [0.717, 1.165) is 0 Å². The van der Waals surface area contributed by atoms with Crippen molar-refractivity contribution >= 4 is 5.97 Å². The molecular formula is C9H18O3. The van der Waals surface area contributed by atoms with Crippen LogP contribution in [0, 0.1) is 5.92 Å². The van der Waals surface area contributed by atoms with E-state index in [1.807, 2.05) is 20.8 Å². The van der Waals surface area contributed by atoms with Gasteiger partial charge in [-0.1, -0.05) is 6.92 Å². The lowest BCUT2D eigenvalue weighted by atomic mass is 10.0. The van der Waals surface area contributed by atoms with Crippen molar-refractivity contribution in [2.75, 3.05) is 6.61 Å². The molecule has 0 aromatic carbocycles. The van der Waals surface area contributed by atoms with E-state index in [-0.39, 0.29) is 12.0 Å². The van der Waals surface area contributed by atoms with Gasteiger partial charge in [0.05, 0.1) is 12.0 Å². The van der Waals surface area contributed by atoms with Crippen LogP contribution in [0.25, 0.3) is 0 Å². The Morgan fingerprint density at radius 2 is 2.08 bits per heavy atom. The van der Waals surface area contributed by atoms with Gasteiger partial charge in [0.25, 0.3) is 0 Å². The third kappa shape index (κ3) is 5.13. The first-order valence-corrected chi connectivity index (χ1v) is 4.42. The van der Waals surface area contributed by atoms with E-state index in [1.54, 1.807) is 0 Å². The number of ether oxygens (including phenoxy) is 1. The van der Waals surface area contributed by atoms with Gasteiger partial charge in [0.2, 0.25) is 0 Å². The van der Waals surface area contributed by atoms with Crippen molar-refractivity contribution in [3.05, 3.63) is 0 Å². The molecule has 0 rings (SSSR count). The number of aliphatic carboxylic acids is 1. The monoisotopic (exact) mass is 174 g/mol. The van der Waals surface area contributed by atoms with Crippen LogP contribution in [-0.2, 0) is 9.53 Å². The predicted octanol–water partition coefficient (Wildman–Crippen LogP) is 1.91. The first kappa shape index (κ1) is 11.4. The molecule has 0 aromatic heterocycles. The van der Waals surface area contributed by atoms with Crippen LogP contribution in [0.4, 0.5) is 0 Å². The molecule has 0 amide bonds. The molecule has 3 nitrogen and oxygen atoms in total. The fourth-order valence-corrected chi connectivity index (χ4v) is 0.948. The Balaban J connectivity index is 3.52. The quantitative estimate of drug-likeness (QED) is 0.669. The molecule has 72 valence electrons. The number of rotatable bonds is 6. The van der Waals surface area contributed by atoms with Crippen LogP contribution in [0.3, 0.4) is 0 Å². The average molecular weight is 174 g/mol. The van der Waals surface area contributed by atoms with Crippen LogP contribution in [-0.4, -0.2) is 23.8 Å². The van der Waals surface area contributed by atoms with E-state index in [9.17, 15) is 4.79 Å². The number of hydrogen-bond donors (Lipinski definition) is 1. The third-order valence-corrected chi connectivity index (χ3v) is 1.76. The van der Waals surface area contributed by atoms with Gasteiger partial charge in [0.15, 0.2) is 0 Å². The Labute approximate surface area is 73.7 Å². The summed E-state index contributed by atoms with van der Waals surface area (Å²) in [5.74, 6) is -0.964. The fourth-order valence-electron chi connectivity index (χ4n) is 0.948. The summed E-state index contributed by atoms with van der Waals surface area (Å²) in [6, 6.07) is 0. The van der Waals surface area contributed by atoms with Crippen molar-refractivity contribution in [3.8, 4) is 0 Å². The van der Waals surface area contributed by atoms with Gasteiger partial charge in [-0.05, 0) is 26.7 Å². The highest BCUT2D eigenvalue weighted by Crippen LogP contribution is 2.08. The summed E-state index contributed by atoms with van der Waals surface area (Å²) in [5.41, 5.74) is 0. The van der Waals surface area contributed by atoms with Gasteiger partial charge in [0.1, 0.15) is 0 Å². The Morgan fingerprint density at radius 1 is 1.50 bits per heavy atom. The second-order valence-corrected chi connectivity index (χ2v) is 3.15. The van der Waals surface area contributed by atoms with Crippen molar-refractivity contribution in [3.63, 3.8) is 0 Å². The zero-order chi connectivity index (χ0) is 9.56. The minimum absolute atomic E-state index is 0.191. The lowest BCUT2D eigenvalue weighted by Gasteiger charge is -2.11. The average Bonchev–Trinajstić information content (AvgIpc) is 1.96. The van der Waals surface area contributed by atoms with Crippen LogP contribution < -0.4 is 0 Å². The molecule has 0 heterocycles. The van der Waals surface area contributed by atoms with E-state index in [2.05, 4.69) is 0 Å². The van der Waals surface area contributed by atoms with E-state index < -0.39 is 5.97 Å². The number of carbonyl (C=O) groups is 1. The lowest BCUT2D eigenvalue weighted by molar-refractivity contribution is -0.142. The molecule has 0 fully saturated rings. The van der Waals surface area contributed by atoms with Crippen LogP contribution in [0.1, 0.15) is 33.6 Å². The Morgan fingerprint density at radius 3 is 2.42 bits per heavy atom. The second kappa shape index (κ2) is 6.00. The van der Waals surface area contributed by atoms with E-state index in [0.29, 0.717) is 19.4 Å². The van der Waals surface area contributed by atoms with Gasteiger partial charge >= 0.3 is 5.97 Å². The molecule has 0 aliphatic rings. The first-order valence-electron chi connectivity index (χ1n) is 4.42. The predicted molar refractivity (Wildman–Crippen MR) is 47.1 cm³/mol. The van der Waals surface area contributed by atoms with Gasteiger partial charge < -0.3 is 9.84 Å². The third-order valence-electron chi connectivity index (χ3n) is 1.76. The molecule has 1 atom stereocenters. The highest BCUT2D eigenvalue weighted by Gasteiger charge is 2.14. The number of carboxylic acid groups (broad SMARTS) is 1. The summed E-state index contributed by atoms with van der Waals surface area (Å²) < 4.78 is 5.26. The summed E-state index contributed by atoms with van der Waals surface area (Å²) >= 11 is 0. The molecule has 0 aliphatic carbocycles. The van der Waals surface area contributed by atoms with Crippen molar-refractivity contribution in [2.24, 2.45) is 5.92 Å². The summed E-state index contributed by atoms with van der Waals surface area (Å²) in [6.45, 7) is 6.32. The molecular weight excluding hydrogens is 156 g/mol. The van der Waals surface area contributed by atoms with E-state index in [1.165, 1.54) is 0 Å². The van der Waals surface area contributed by atoms with Crippen LogP contribution in [0.5, 0.6) is 0 Å². The lowest BCUT2D eigenvalue weighted by Crippen LogP contribution is -2.16. The molecule has 1 N–H and O–H groups in total. The van der Waals surface area contributed by atoms with Gasteiger partial charge in [-0.2, -0.15) is 0 Å². The maximum Gasteiger partial charge on any atom is 0.306 e. The molecule has 0 aliphatic heterocycles. The highest BCUT2D eigenvalue weighted by molar-refractivity contribution is 5.69. The van der Waals surface area contributed by atoms with Crippen molar-refractivity contribution < 1.29 is 14.6 Å². The summed E-state index contributed by atoms with van der Waals surface area (Å²) in [4.78, 5) is 10.6. The van der Waals surface area contributed by atoms with Crippen molar-refractivity contribution in [2.45, 2.75) is 39.7 Å². The second-order valence-electron chi connectivity index (χ2n) is 3.15. The zero-order valence-electron chi connectivity index (χ0n) is 8.04. The largest absolute Gasteiger partial charge is 0.481 e. The Kier molecular flexibility index (Phi) is 5.72. The van der Waals surface area contributed by atoms with E-state index in [4.69, 9.17) is 9.84 Å². The molecule has 12 heavy (non-hydrogen) atoms. The molecule has 0 saturated carbocycles. The minimum Gasteiger partial charge on any atom is -0.481 e. The van der Waals surface area contributed by atoms with Crippen LogP contribution in [0.2, 0.25) is 0 Å². The molecule has 3 heteroatoms. The molecule has 1 unspecified atom stereocenters. The Bertz CT molecular complexity index is 132. The van der Waals surface area contributed by atoms with Crippen LogP contribution >= 0.6 is 0 Å². The van der Waals surface area contributed by atoms with Crippen LogP contribution in [0.15, 0.2) is 0 Å². The molecule has 0 spiro atoms. The number of carboxylic acids is 1. The normalized spacial score (nSPS) is 13.3. The fraction of sp³-hybridized carbons (Fsp3) is 0.889. The minimum atomic E-state index is -0.718. The van der Waals surface area contributed by atoms with E-state index >= 15 is 0 Å². The zero-order valence-corrected chi connectivity index (χ0v) is 8.04. The molecule has 0 saturated heterocycles. The molecule has 0 radical (unpaired) electrons. The molecule has 0 aromatic rings. The summed E-state index contributed by atoms with van der Waals surface area (Å²) in [5, 5.41) is 8.68. The SMILES string of the molecule is CCC(CCOC(C)C)C(=O)O. The molecule has 0 bridgehead atoms. The highest BCUT2D eigenvalue weighted by atomic mass is 16.5. The van der Waals surface area contributed by atoms with Gasteiger partial charge in [0, 0.05) is 6.61 Å².